The van der Waals surface area contributed by atoms with Crippen molar-refractivity contribution in [3.63, 3.8) is 0 Å². The highest BCUT2D eigenvalue weighted by Gasteiger charge is 2.31. The molecular formula is C13H19N3O2. The summed E-state index contributed by atoms with van der Waals surface area (Å²) in [4.78, 5) is 17.9. The lowest BCUT2D eigenvalue weighted by atomic mass is 9.96. The third-order valence-corrected chi connectivity index (χ3v) is 4.29. The van der Waals surface area contributed by atoms with Crippen molar-refractivity contribution in [1.29, 1.82) is 0 Å². The number of imidazole rings is 1. The lowest BCUT2D eigenvalue weighted by molar-refractivity contribution is -0.142. The largest absolute Gasteiger partial charge is 0.481 e. The fourth-order valence-corrected chi connectivity index (χ4v) is 3.20. The number of carboxylic acids is 1. The van der Waals surface area contributed by atoms with Crippen molar-refractivity contribution in [2.45, 2.75) is 38.3 Å². The smallest absolute Gasteiger partial charge is 0.306 e. The predicted octanol–water partition coefficient (Wildman–Crippen LogP) is 1.30. The van der Waals surface area contributed by atoms with E-state index in [1.807, 2.05) is 6.20 Å². The Bertz CT molecular complexity index is 469. The van der Waals surface area contributed by atoms with E-state index in [4.69, 9.17) is 5.11 Å². The quantitative estimate of drug-likeness (QED) is 0.858. The first-order valence-electron chi connectivity index (χ1n) is 6.64. The lowest BCUT2D eigenvalue weighted by Crippen LogP contribution is -2.28. The van der Waals surface area contributed by atoms with Crippen LogP contribution in [0.15, 0.2) is 6.20 Å². The first-order chi connectivity index (χ1) is 8.66. The molecule has 2 aliphatic rings. The van der Waals surface area contributed by atoms with E-state index < -0.39 is 5.97 Å². The first-order valence-corrected chi connectivity index (χ1v) is 6.64. The van der Waals surface area contributed by atoms with Crippen LogP contribution in [-0.4, -0.2) is 39.1 Å². The molecule has 1 aromatic heterocycles. The molecule has 0 radical (unpaired) electrons. The molecule has 3 heterocycles. The molecule has 2 unspecified atom stereocenters. The van der Waals surface area contributed by atoms with Gasteiger partial charge in [-0.25, -0.2) is 4.98 Å². The second-order valence-electron chi connectivity index (χ2n) is 5.43. The summed E-state index contributed by atoms with van der Waals surface area (Å²) < 4.78 is 2.24. The zero-order valence-electron chi connectivity index (χ0n) is 10.7. The van der Waals surface area contributed by atoms with E-state index in [-0.39, 0.29) is 5.92 Å². The zero-order chi connectivity index (χ0) is 12.7. The van der Waals surface area contributed by atoms with E-state index in [0.717, 1.165) is 37.4 Å². The Hall–Kier alpha value is -1.36. The summed E-state index contributed by atoms with van der Waals surface area (Å²) in [6.45, 7) is 1.93. The maximum Gasteiger partial charge on any atom is 0.306 e. The molecule has 1 aromatic rings. The number of carboxylic acid groups (broad SMARTS) is 1. The minimum Gasteiger partial charge on any atom is -0.481 e. The summed E-state index contributed by atoms with van der Waals surface area (Å²) in [5, 5.41) is 9.09. The van der Waals surface area contributed by atoms with E-state index in [2.05, 4.69) is 21.5 Å². The van der Waals surface area contributed by atoms with Crippen molar-refractivity contribution in [2.24, 2.45) is 5.92 Å². The average Bonchev–Trinajstić information content (AvgIpc) is 2.93. The van der Waals surface area contributed by atoms with Crippen LogP contribution in [0.3, 0.4) is 0 Å². The number of hydrogen-bond donors (Lipinski definition) is 1. The molecule has 1 N–H and O–H groups in total. The Balaban J connectivity index is 1.86. The second kappa shape index (κ2) is 4.39. The average molecular weight is 249 g/mol. The molecule has 18 heavy (non-hydrogen) atoms. The van der Waals surface area contributed by atoms with E-state index >= 15 is 0 Å². The molecule has 0 aromatic carbocycles. The van der Waals surface area contributed by atoms with Crippen LogP contribution in [0.4, 0.5) is 0 Å². The number of hydrogen-bond acceptors (Lipinski definition) is 3. The number of aliphatic carboxylic acids is 1. The SMILES string of the molecule is CN1CCCC1c1ncc2n1CCC(C(=O)O)C2. The second-order valence-corrected chi connectivity index (χ2v) is 5.43. The summed E-state index contributed by atoms with van der Waals surface area (Å²) in [6, 6.07) is 0.417. The van der Waals surface area contributed by atoms with E-state index in [1.165, 1.54) is 6.42 Å². The maximum atomic E-state index is 11.0. The number of likely N-dealkylation sites (tertiary alicyclic amines) is 1. The van der Waals surface area contributed by atoms with Crippen molar-refractivity contribution in [3.8, 4) is 0 Å². The van der Waals surface area contributed by atoms with Gasteiger partial charge >= 0.3 is 5.97 Å². The molecular weight excluding hydrogens is 230 g/mol. The van der Waals surface area contributed by atoms with Crippen LogP contribution < -0.4 is 0 Å². The summed E-state index contributed by atoms with van der Waals surface area (Å²) in [5.41, 5.74) is 1.09. The minimum atomic E-state index is -0.679. The zero-order valence-corrected chi connectivity index (χ0v) is 10.7. The highest BCUT2D eigenvalue weighted by molar-refractivity contribution is 5.70. The molecule has 5 nitrogen and oxygen atoms in total. The summed E-state index contributed by atoms with van der Waals surface area (Å²) in [6.07, 6.45) is 5.61. The first kappa shape index (κ1) is 11.7. The van der Waals surface area contributed by atoms with Crippen LogP contribution in [0.2, 0.25) is 0 Å². The van der Waals surface area contributed by atoms with Gasteiger partial charge in [-0.2, -0.15) is 0 Å². The number of nitrogens with zero attached hydrogens (tertiary/aromatic N) is 3. The molecule has 0 amide bonds. The summed E-state index contributed by atoms with van der Waals surface area (Å²) >= 11 is 0. The van der Waals surface area contributed by atoms with Gasteiger partial charge in [0.25, 0.3) is 0 Å². The van der Waals surface area contributed by atoms with Crippen molar-refractivity contribution >= 4 is 5.97 Å². The van der Waals surface area contributed by atoms with Crippen molar-refractivity contribution < 1.29 is 9.90 Å². The Morgan fingerprint density at radius 3 is 2.94 bits per heavy atom. The molecule has 0 spiro atoms. The number of fused-ring (bicyclic) bond motifs is 1. The Labute approximate surface area is 106 Å². The topological polar surface area (TPSA) is 58.4 Å². The summed E-state index contributed by atoms with van der Waals surface area (Å²) in [7, 11) is 2.14. The third-order valence-electron chi connectivity index (χ3n) is 4.29. The molecule has 1 fully saturated rings. The number of aromatic nitrogens is 2. The lowest BCUT2D eigenvalue weighted by Gasteiger charge is -2.25. The van der Waals surface area contributed by atoms with Gasteiger partial charge in [0.1, 0.15) is 5.82 Å². The fourth-order valence-electron chi connectivity index (χ4n) is 3.20. The van der Waals surface area contributed by atoms with Crippen LogP contribution >= 0.6 is 0 Å². The fraction of sp³-hybridized carbons (Fsp3) is 0.692. The molecule has 0 aliphatic carbocycles. The van der Waals surface area contributed by atoms with Crippen molar-refractivity contribution in [2.75, 3.05) is 13.6 Å². The van der Waals surface area contributed by atoms with Gasteiger partial charge < -0.3 is 9.67 Å². The van der Waals surface area contributed by atoms with Gasteiger partial charge in [0.2, 0.25) is 0 Å². The van der Waals surface area contributed by atoms with Crippen LogP contribution in [0, 0.1) is 5.92 Å². The molecule has 0 saturated carbocycles. The van der Waals surface area contributed by atoms with Gasteiger partial charge in [-0.3, -0.25) is 9.69 Å². The van der Waals surface area contributed by atoms with Gasteiger partial charge in [0.15, 0.2) is 0 Å². The molecule has 98 valence electrons. The van der Waals surface area contributed by atoms with Gasteiger partial charge in [-0.1, -0.05) is 0 Å². The molecule has 2 atom stereocenters. The predicted molar refractivity (Wildman–Crippen MR) is 66.3 cm³/mol. The Kier molecular flexibility index (Phi) is 2.86. The molecule has 1 saturated heterocycles. The highest BCUT2D eigenvalue weighted by Crippen LogP contribution is 2.32. The van der Waals surface area contributed by atoms with E-state index in [0.29, 0.717) is 12.5 Å². The number of carbonyl (C=O) groups is 1. The molecule has 5 heteroatoms. The highest BCUT2D eigenvalue weighted by atomic mass is 16.4. The molecule has 0 bridgehead atoms. The third kappa shape index (κ3) is 1.82. The van der Waals surface area contributed by atoms with Gasteiger partial charge in [0, 0.05) is 24.9 Å². The maximum absolute atomic E-state index is 11.0. The molecule has 2 aliphatic heterocycles. The standard InChI is InChI=1S/C13H19N3O2/c1-15-5-2-3-11(15)12-14-8-10-7-9(13(17)18)4-6-16(10)12/h8-9,11H,2-7H2,1H3,(H,17,18). The normalized spacial score (nSPS) is 28.3. The Morgan fingerprint density at radius 1 is 1.44 bits per heavy atom. The Morgan fingerprint density at radius 2 is 2.28 bits per heavy atom. The van der Waals surface area contributed by atoms with Crippen molar-refractivity contribution in [3.05, 3.63) is 17.7 Å². The van der Waals surface area contributed by atoms with Gasteiger partial charge in [-0.15, -0.1) is 0 Å². The minimum absolute atomic E-state index is 0.233. The van der Waals surface area contributed by atoms with E-state index in [1.54, 1.807) is 0 Å². The van der Waals surface area contributed by atoms with Gasteiger partial charge in [-0.05, 0) is 32.9 Å². The van der Waals surface area contributed by atoms with Crippen LogP contribution in [-0.2, 0) is 17.8 Å². The van der Waals surface area contributed by atoms with Crippen LogP contribution in [0.25, 0.3) is 0 Å². The van der Waals surface area contributed by atoms with Gasteiger partial charge in [0.05, 0.1) is 12.0 Å². The van der Waals surface area contributed by atoms with E-state index in [9.17, 15) is 4.79 Å². The van der Waals surface area contributed by atoms with Crippen LogP contribution in [0.1, 0.15) is 36.8 Å². The van der Waals surface area contributed by atoms with Crippen molar-refractivity contribution in [1.82, 2.24) is 14.5 Å². The summed E-state index contributed by atoms with van der Waals surface area (Å²) in [5.74, 6) is 0.221. The molecule has 3 rings (SSSR count). The number of rotatable bonds is 2. The van der Waals surface area contributed by atoms with Crippen LogP contribution in [0.5, 0.6) is 0 Å². The monoisotopic (exact) mass is 249 g/mol.